The standard InChI is InChI=1S/C27H23N3O4S/c1-2-31-19-9-6-17(7-10-19)21-12-13-23(34-21)26-25(20-5-3-4-14-28-20)29-27(35)30(26)18-8-11-22-24(15-18)33-16-32-22/h3-15,25-26H,2,16H2,1H3,(H,29,35)/t25-,26+/m0/s1. The van der Waals surface area contributed by atoms with E-state index in [-0.39, 0.29) is 18.9 Å². The highest BCUT2D eigenvalue weighted by Crippen LogP contribution is 2.45. The smallest absolute Gasteiger partial charge is 0.231 e. The topological polar surface area (TPSA) is 69.0 Å². The minimum absolute atomic E-state index is 0.201. The molecule has 0 spiro atoms. The molecule has 8 heteroatoms. The lowest BCUT2D eigenvalue weighted by Gasteiger charge is -2.26. The number of aromatic nitrogens is 1. The second-order valence-electron chi connectivity index (χ2n) is 8.19. The summed E-state index contributed by atoms with van der Waals surface area (Å²) in [4.78, 5) is 6.65. The maximum atomic E-state index is 6.43. The Labute approximate surface area is 208 Å². The molecule has 4 heterocycles. The van der Waals surface area contributed by atoms with Crippen molar-refractivity contribution in [3.05, 3.63) is 90.4 Å². The number of furan rings is 1. The number of rotatable bonds is 6. The molecule has 6 rings (SSSR count). The highest BCUT2D eigenvalue weighted by Gasteiger charge is 2.43. The van der Waals surface area contributed by atoms with E-state index in [0.717, 1.165) is 40.0 Å². The molecule has 0 unspecified atom stereocenters. The molecule has 2 aliphatic rings. The Bertz CT molecular complexity index is 1360. The molecule has 1 fully saturated rings. The molecule has 0 amide bonds. The van der Waals surface area contributed by atoms with Crippen molar-refractivity contribution in [1.82, 2.24) is 10.3 Å². The van der Waals surface area contributed by atoms with Crippen molar-refractivity contribution in [3.8, 4) is 28.6 Å². The van der Waals surface area contributed by atoms with E-state index in [0.29, 0.717) is 17.5 Å². The number of ether oxygens (including phenoxy) is 3. The van der Waals surface area contributed by atoms with Crippen LogP contribution in [0.15, 0.2) is 83.4 Å². The van der Waals surface area contributed by atoms with Gasteiger partial charge in [0, 0.05) is 23.5 Å². The van der Waals surface area contributed by atoms with Crippen LogP contribution in [0.4, 0.5) is 5.69 Å². The Morgan fingerprint density at radius 2 is 1.89 bits per heavy atom. The zero-order chi connectivity index (χ0) is 23.8. The summed E-state index contributed by atoms with van der Waals surface area (Å²) in [6.45, 7) is 2.81. The van der Waals surface area contributed by atoms with Gasteiger partial charge in [0.1, 0.15) is 23.3 Å². The summed E-state index contributed by atoms with van der Waals surface area (Å²) in [5.41, 5.74) is 2.73. The second kappa shape index (κ2) is 8.96. The SMILES string of the molecule is CCOc1ccc(-c2ccc([C@@H]3[C@H](c4ccccn4)NC(=S)N3c3ccc4c(c3)OCO4)o2)cc1. The fourth-order valence-corrected chi connectivity index (χ4v) is 4.85. The van der Waals surface area contributed by atoms with E-state index in [1.54, 1.807) is 6.20 Å². The monoisotopic (exact) mass is 485 g/mol. The van der Waals surface area contributed by atoms with E-state index in [1.807, 2.05) is 79.7 Å². The van der Waals surface area contributed by atoms with Gasteiger partial charge in [-0.25, -0.2) is 0 Å². The third-order valence-electron chi connectivity index (χ3n) is 6.10. The maximum Gasteiger partial charge on any atom is 0.231 e. The van der Waals surface area contributed by atoms with Gasteiger partial charge in [-0.05, 0) is 79.8 Å². The highest BCUT2D eigenvalue weighted by molar-refractivity contribution is 7.80. The normalized spacial score (nSPS) is 18.5. The van der Waals surface area contributed by atoms with E-state index in [2.05, 4.69) is 15.2 Å². The quantitative estimate of drug-likeness (QED) is 0.352. The highest BCUT2D eigenvalue weighted by atomic mass is 32.1. The van der Waals surface area contributed by atoms with Gasteiger partial charge in [-0.1, -0.05) is 6.07 Å². The number of hydrogen-bond donors (Lipinski definition) is 1. The number of hydrogen-bond acceptors (Lipinski definition) is 6. The number of benzene rings is 2. The van der Waals surface area contributed by atoms with Crippen molar-refractivity contribution in [2.75, 3.05) is 18.3 Å². The van der Waals surface area contributed by atoms with E-state index < -0.39 is 0 Å². The van der Waals surface area contributed by atoms with Gasteiger partial charge in [0.25, 0.3) is 0 Å². The van der Waals surface area contributed by atoms with E-state index >= 15 is 0 Å². The largest absolute Gasteiger partial charge is 0.494 e. The molecule has 0 saturated carbocycles. The van der Waals surface area contributed by atoms with Crippen LogP contribution < -0.4 is 24.4 Å². The molecule has 0 aliphatic carbocycles. The fourth-order valence-electron chi connectivity index (χ4n) is 4.51. The Morgan fingerprint density at radius 1 is 1.03 bits per heavy atom. The fraction of sp³-hybridized carbons (Fsp3) is 0.185. The summed E-state index contributed by atoms with van der Waals surface area (Å²) in [6.07, 6.45) is 1.79. The molecule has 2 atom stereocenters. The number of fused-ring (bicyclic) bond motifs is 1. The van der Waals surface area contributed by atoms with Crippen molar-refractivity contribution < 1.29 is 18.6 Å². The molecule has 7 nitrogen and oxygen atoms in total. The summed E-state index contributed by atoms with van der Waals surface area (Å²) in [5, 5.41) is 4.04. The molecule has 1 N–H and O–H groups in total. The first-order chi connectivity index (χ1) is 17.2. The lowest BCUT2D eigenvalue weighted by molar-refractivity contribution is 0.174. The van der Waals surface area contributed by atoms with Crippen LogP contribution in [-0.2, 0) is 0 Å². The minimum atomic E-state index is -0.255. The minimum Gasteiger partial charge on any atom is -0.494 e. The van der Waals surface area contributed by atoms with E-state index in [9.17, 15) is 0 Å². The van der Waals surface area contributed by atoms with E-state index in [4.69, 9.17) is 30.8 Å². The number of anilines is 1. The van der Waals surface area contributed by atoms with Gasteiger partial charge >= 0.3 is 0 Å². The second-order valence-corrected chi connectivity index (χ2v) is 8.58. The number of pyridine rings is 1. The van der Waals surface area contributed by atoms with Crippen molar-refractivity contribution in [2.45, 2.75) is 19.0 Å². The van der Waals surface area contributed by atoms with Gasteiger partial charge in [-0.15, -0.1) is 0 Å². The molecule has 0 radical (unpaired) electrons. The Balaban J connectivity index is 1.40. The van der Waals surface area contributed by atoms with Crippen LogP contribution in [0.3, 0.4) is 0 Å². The predicted molar refractivity (Wildman–Crippen MR) is 136 cm³/mol. The van der Waals surface area contributed by atoms with Gasteiger partial charge < -0.3 is 28.8 Å². The maximum absolute atomic E-state index is 6.43. The third kappa shape index (κ3) is 3.95. The van der Waals surface area contributed by atoms with Crippen LogP contribution in [0.25, 0.3) is 11.3 Å². The predicted octanol–water partition coefficient (Wildman–Crippen LogP) is 5.65. The molecular weight excluding hydrogens is 462 g/mol. The first kappa shape index (κ1) is 21.5. The van der Waals surface area contributed by atoms with Crippen LogP contribution >= 0.6 is 12.2 Å². The zero-order valence-corrected chi connectivity index (χ0v) is 19.8. The summed E-state index contributed by atoms with van der Waals surface area (Å²) < 4.78 is 23.1. The van der Waals surface area contributed by atoms with Gasteiger partial charge in [-0.2, -0.15) is 0 Å². The molecule has 2 aromatic carbocycles. The van der Waals surface area contributed by atoms with Gasteiger partial charge in [-0.3, -0.25) is 4.98 Å². The third-order valence-corrected chi connectivity index (χ3v) is 6.42. The van der Waals surface area contributed by atoms with Crippen molar-refractivity contribution in [2.24, 2.45) is 0 Å². The molecular formula is C27H23N3O4S. The lowest BCUT2D eigenvalue weighted by atomic mass is 10.0. The molecule has 176 valence electrons. The van der Waals surface area contributed by atoms with Crippen LogP contribution in [0.5, 0.6) is 17.2 Å². The summed E-state index contributed by atoms with van der Waals surface area (Å²) >= 11 is 5.80. The van der Waals surface area contributed by atoms with Gasteiger partial charge in [0.15, 0.2) is 16.6 Å². The molecule has 2 aromatic heterocycles. The first-order valence-electron chi connectivity index (χ1n) is 11.4. The summed E-state index contributed by atoms with van der Waals surface area (Å²) in [7, 11) is 0. The number of thiocarbonyl (C=S) groups is 1. The Kier molecular flexibility index (Phi) is 5.50. The van der Waals surface area contributed by atoms with Crippen LogP contribution in [0.1, 0.15) is 30.5 Å². The van der Waals surface area contributed by atoms with Crippen LogP contribution in [0, 0.1) is 0 Å². The molecule has 1 saturated heterocycles. The first-order valence-corrected chi connectivity index (χ1v) is 11.9. The van der Waals surface area contributed by atoms with Crippen molar-refractivity contribution >= 4 is 23.0 Å². The Morgan fingerprint density at radius 3 is 2.69 bits per heavy atom. The van der Waals surface area contributed by atoms with Crippen LogP contribution in [0.2, 0.25) is 0 Å². The average Bonchev–Trinajstić information content (AvgIpc) is 3.63. The molecule has 4 aromatic rings. The zero-order valence-electron chi connectivity index (χ0n) is 19.0. The molecule has 0 bridgehead atoms. The lowest BCUT2D eigenvalue weighted by Crippen LogP contribution is -2.29. The number of nitrogens with zero attached hydrogens (tertiary/aromatic N) is 2. The van der Waals surface area contributed by atoms with Gasteiger partial charge in [0.2, 0.25) is 6.79 Å². The van der Waals surface area contributed by atoms with Crippen molar-refractivity contribution in [3.63, 3.8) is 0 Å². The number of nitrogens with one attached hydrogen (secondary N) is 1. The van der Waals surface area contributed by atoms with Crippen molar-refractivity contribution in [1.29, 1.82) is 0 Å². The van der Waals surface area contributed by atoms with E-state index in [1.165, 1.54) is 0 Å². The molecule has 35 heavy (non-hydrogen) atoms. The summed E-state index contributed by atoms with van der Waals surface area (Å²) in [5.74, 6) is 3.79. The Hall–Kier alpha value is -4.04. The van der Waals surface area contributed by atoms with Crippen LogP contribution in [-0.4, -0.2) is 23.5 Å². The molecule has 2 aliphatic heterocycles. The summed E-state index contributed by atoms with van der Waals surface area (Å²) in [6, 6.07) is 23.1. The van der Waals surface area contributed by atoms with Gasteiger partial charge in [0.05, 0.1) is 18.3 Å². The average molecular weight is 486 g/mol.